The first-order chi connectivity index (χ1) is 9.51. The van der Waals surface area contributed by atoms with E-state index in [9.17, 15) is 15.0 Å². The molecule has 0 aliphatic heterocycles. The van der Waals surface area contributed by atoms with Crippen molar-refractivity contribution in [3.63, 3.8) is 0 Å². The number of phenolic OH excluding ortho intramolecular Hbond substituents is 2. The van der Waals surface area contributed by atoms with E-state index in [0.717, 1.165) is 5.56 Å². The Morgan fingerprint density at radius 2 is 1.85 bits per heavy atom. The Kier molecular flexibility index (Phi) is 2.57. The number of rotatable bonds is 1. The van der Waals surface area contributed by atoms with Crippen molar-refractivity contribution in [1.82, 2.24) is 0 Å². The summed E-state index contributed by atoms with van der Waals surface area (Å²) in [6.45, 7) is 1.79. The van der Waals surface area contributed by atoms with Crippen LogP contribution < -0.4 is 10.4 Å². The van der Waals surface area contributed by atoms with E-state index in [1.54, 1.807) is 19.1 Å². The van der Waals surface area contributed by atoms with Crippen molar-refractivity contribution < 1.29 is 19.4 Å². The zero-order valence-corrected chi connectivity index (χ0v) is 10.9. The summed E-state index contributed by atoms with van der Waals surface area (Å²) in [5.41, 5.74) is 0.353. The molecule has 0 saturated heterocycles. The van der Waals surface area contributed by atoms with Gasteiger partial charge >= 0.3 is 5.63 Å². The third kappa shape index (κ3) is 1.67. The number of ether oxygens (including phenoxy) is 1. The van der Waals surface area contributed by atoms with E-state index in [-0.39, 0.29) is 22.5 Å². The Balaban J connectivity index is 2.64. The Bertz CT molecular complexity index is 892. The van der Waals surface area contributed by atoms with Crippen LogP contribution in [0.1, 0.15) is 5.56 Å². The van der Waals surface area contributed by atoms with Crippen LogP contribution >= 0.6 is 0 Å². The Morgan fingerprint density at radius 1 is 1.10 bits per heavy atom. The molecule has 0 saturated carbocycles. The first-order valence-electron chi connectivity index (χ1n) is 5.98. The quantitative estimate of drug-likeness (QED) is 0.408. The van der Waals surface area contributed by atoms with Crippen molar-refractivity contribution in [2.75, 3.05) is 7.11 Å². The molecule has 2 aromatic carbocycles. The number of aryl methyl sites for hydroxylation is 1. The van der Waals surface area contributed by atoms with Gasteiger partial charge in [0, 0.05) is 22.9 Å². The van der Waals surface area contributed by atoms with Gasteiger partial charge in [0.15, 0.2) is 0 Å². The summed E-state index contributed by atoms with van der Waals surface area (Å²) in [4.78, 5) is 12.0. The van der Waals surface area contributed by atoms with Gasteiger partial charge in [-0.25, -0.2) is 4.79 Å². The van der Waals surface area contributed by atoms with Crippen molar-refractivity contribution in [3.05, 3.63) is 40.2 Å². The van der Waals surface area contributed by atoms with Gasteiger partial charge in [-0.3, -0.25) is 0 Å². The zero-order valence-electron chi connectivity index (χ0n) is 10.9. The van der Waals surface area contributed by atoms with E-state index in [4.69, 9.17) is 9.15 Å². The molecule has 102 valence electrons. The van der Waals surface area contributed by atoms with Gasteiger partial charge in [0.25, 0.3) is 0 Å². The van der Waals surface area contributed by atoms with Crippen LogP contribution in [0.5, 0.6) is 17.2 Å². The van der Waals surface area contributed by atoms with Crippen LogP contribution in [0.15, 0.2) is 33.5 Å². The summed E-state index contributed by atoms with van der Waals surface area (Å²) < 4.78 is 10.3. The van der Waals surface area contributed by atoms with Crippen LogP contribution in [0.25, 0.3) is 21.7 Å². The van der Waals surface area contributed by atoms with Crippen molar-refractivity contribution in [1.29, 1.82) is 0 Å². The lowest BCUT2D eigenvalue weighted by Crippen LogP contribution is -2.01. The third-order valence-electron chi connectivity index (χ3n) is 3.29. The van der Waals surface area contributed by atoms with Crippen molar-refractivity contribution in [2.45, 2.75) is 6.92 Å². The Hall–Kier alpha value is -2.69. The highest BCUT2D eigenvalue weighted by Crippen LogP contribution is 2.35. The van der Waals surface area contributed by atoms with Gasteiger partial charge in [0.1, 0.15) is 28.2 Å². The molecule has 5 heteroatoms. The second-order valence-electron chi connectivity index (χ2n) is 4.59. The minimum atomic E-state index is -0.655. The summed E-state index contributed by atoms with van der Waals surface area (Å²) in [5, 5.41) is 20.9. The van der Waals surface area contributed by atoms with Gasteiger partial charge in [-0.2, -0.15) is 0 Å². The second kappa shape index (κ2) is 4.16. The molecular formula is C15H12O5. The minimum Gasteiger partial charge on any atom is -0.508 e. The molecule has 5 nitrogen and oxygen atoms in total. The number of aromatic hydroxyl groups is 2. The molecule has 0 atom stereocenters. The van der Waals surface area contributed by atoms with Crippen LogP contribution in [0.4, 0.5) is 0 Å². The second-order valence-corrected chi connectivity index (χ2v) is 4.59. The molecule has 0 bridgehead atoms. The molecule has 0 radical (unpaired) electrons. The predicted octanol–water partition coefficient (Wildman–Crippen LogP) is 2.67. The fourth-order valence-corrected chi connectivity index (χ4v) is 2.44. The smallest absolute Gasteiger partial charge is 0.347 e. The van der Waals surface area contributed by atoms with Gasteiger partial charge in [-0.05, 0) is 24.6 Å². The van der Waals surface area contributed by atoms with E-state index in [1.807, 2.05) is 0 Å². The van der Waals surface area contributed by atoms with Crippen molar-refractivity contribution in [3.8, 4) is 17.2 Å². The maximum atomic E-state index is 12.0. The SMILES string of the molecule is [13CH3]O[13c]1[13cH][13c](O)[13c]2[13c](=O)o[13c]3[13cH][13c](O)[13cH][13c]([13CH3])[13c]3[13c]2[13cH]1. The summed E-state index contributed by atoms with van der Waals surface area (Å²) in [6, 6.07) is 5.97. The van der Waals surface area contributed by atoms with Gasteiger partial charge in [0.05, 0.1) is 7.11 Å². The van der Waals surface area contributed by atoms with E-state index in [1.165, 1.54) is 19.2 Å². The monoisotopic (exact) mass is 287 g/mol. The van der Waals surface area contributed by atoms with E-state index in [2.05, 4.69) is 0 Å². The molecular weight excluding hydrogens is 275 g/mol. The average Bonchev–Trinajstić information content (AvgIpc) is 2.36. The molecule has 0 unspecified atom stereocenters. The summed E-state index contributed by atoms with van der Waals surface area (Å²) in [5.74, 6) is 0.265. The van der Waals surface area contributed by atoms with Crippen LogP contribution in [-0.4, -0.2) is 17.3 Å². The van der Waals surface area contributed by atoms with Crippen molar-refractivity contribution in [2.24, 2.45) is 0 Å². The highest BCUT2D eigenvalue weighted by atomic mass is 16.6. The van der Waals surface area contributed by atoms with Crippen molar-refractivity contribution >= 4 is 21.7 Å². The first kappa shape index (κ1) is 12.3. The maximum absolute atomic E-state index is 12.0. The fraction of sp³-hybridized carbons (Fsp3) is 0.133. The number of fused-ring (bicyclic) bond motifs is 3. The topological polar surface area (TPSA) is 79.9 Å². The molecule has 0 aliphatic rings. The van der Waals surface area contributed by atoms with Crippen LogP contribution in [0.3, 0.4) is 0 Å². The maximum Gasteiger partial charge on any atom is 0.347 e. The van der Waals surface area contributed by atoms with E-state index < -0.39 is 5.63 Å². The fourth-order valence-electron chi connectivity index (χ4n) is 2.44. The average molecular weight is 287 g/mol. The molecule has 0 spiro atoms. The zero-order chi connectivity index (χ0) is 14.4. The molecule has 20 heavy (non-hydrogen) atoms. The predicted molar refractivity (Wildman–Crippen MR) is 74.6 cm³/mol. The lowest BCUT2D eigenvalue weighted by molar-refractivity contribution is 0.409. The first-order valence-corrected chi connectivity index (χ1v) is 5.98. The number of hydrogen-bond donors (Lipinski definition) is 2. The molecule has 2 N–H and O–H groups in total. The molecule has 0 amide bonds. The summed E-state index contributed by atoms with van der Waals surface area (Å²) in [6.07, 6.45) is 0. The molecule has 0 fully saturated rings. The molecule has 3 rings (SSSR count). The highest BCUT2D eigenvalue weighted by molar-refractivity contribution is 6.08. The minimum absolute atomic E-state index is 0.0182. The van der Waals surface area contributed by atoms with Crippen LogP contribution in [0.2, 0.25) is 0 Å². The Morgan fingerprint density at radius 3 is 2.55 bits per heavy atom. The van der Waals surface area contributed by atoms with Gasteiger partial charge < -0.3 is 19.4 Å². The number of hydrogen-bond acceptors (Lipinski definition) is 5. The Labute approximate surface area is 113 Å². The van der Waals surface area contributed by atoms with Gasteiger partial charge in [-0.1, -0.05) is 0 Å². The third-order valence-corrected chi connectivity index (χ3v) is 3.29. The number of phenols is 2. The highest BCUT2D eigenvalue weighted by Gasteiger charge is 2.15. The standard InChI is InChI=1S/C15H12O5/c1-7-3-8(16)4-12-13(7)10-5-9(19-2)6-11(17)14(10)15(18)20-12/h3-6,16-17H,1-2H3/i1+1,2+1,3+1,4+1,5+1,6+1,7+1,8+1,9+1,10+1,11+1,12+1,13+1,14+1,15+1. The van der Waals surface area contributed by atoms with Crippen LogP contribution in [-0.2, 0) is 0 Å². The molecule has 1 heterocycles. The van der Waals surface area contributed by atoms with Gasteiger partial charge in [-0.15, -0.1) is 0 Å². The lowest BCUT2D eigenvalue weighted by atomic mass is 11.0. The van der Waals surface area contributed by atoms with Gasteiger partial charge in [0.2, 0.25) is 0 Å². The normalized spacial score (nSPS) is 11.1. The van der Waals surface area contributed by atoms with E-state index in [0.29, 0.717) is 16.5 Å². The number of benzene rings is 2. The lowest BCUT2D eigenvalue weighted by Gasteiger charge is -2.09. The summed E-state index contributed by atoms with van der Waals surface area (Å²) >= 11 is 0. The molecule has 3 aromatic rings. The molecule has 0 aliphatic carbocycles. The largest absolute Gasteiger partial charge is 0.508 e. The number of methoxy groups -OCH3 is 1. The molecule has 1 aromatic heterocycles. The summed E-state index contributed by atoms with van der Waals surface area (Å²) in [7, 11) is 1.48. The van der Waals surface area contributed by atoms with E-state index >= 15 is 0 Å². The van der Waals surface area contributed by atoms with Crippen LogP contribution in [0, 0.1) is 6.92 Å².